The zero-order valence-corrected chi connectivity index (χ0v) is 17.8. The molecular formula is C21H28N8O2. The van der Waals surface area contributed by atoms with Gasteiger partial charge in [-0.05, 0) is 19.3 Å². The van der Waals surface area contributed by atoms with Crippen LogP contribution >= 0.6 is 0 Å². The summed E-state index contributed by atoms with van der Waals surface area (Å²) in [6, 6.07) is 0.266. The highest BCUT2D eigenvalue weighted by molar-refractivity contribution is 5.74. The number of amides is 1. The van der Waals surface area contributed by atoms with Crippen molar-refractivity contribution in [2.24, 2.45) is 0 Å². The number of aromatic nitrogens is 4. The van der Waals surface area contributed by atoms with Gasteiger partial charge in [0.2, 0.25) is 17.8 Å². The van der Waals surface area contributed by atoms with E-state index in [9.17, 15) is 4.79 Å². The molecular weight excluding hydrogens is 396 g/mol. The van der Waals surface area contributed by atoms with Crippen molar-refractivity contribution in [3.63, 3.8) is 0 Å². The van der Waals surface area contributed by atoms with Crippen molar-refractivity contribution in [3.8, 4) is 11.3 Å². The molecule has 5 rings (SSSR count). The van der Waals surface area contributed by atoms with Crippen LogP contribution in [0.15, 0.2) is 12.4 Å². The van der Waals surface area contributed by atoms with Crippen molar-refractivity contribution in [2.75, 3.05) is 61.5 Å². The molecule has 1 amide bonds. The van der Waals surface area contributed by atoms with Crippen LogP contribution in [0.25, 0.3) is 11.3 Å². The predicted octanol–water partition coefficient (Wildman–Crippen LogP) is 0.726. The predicted molar refractivity (Wildman–Crippen MR) is 117 cm³/mol. The summed E-state index contributed by atoms with van der Waals surface area (Å²) in [5.41, 5.74) is 8.53. The van der Waals surface area contributed by atoms with Crippen molar-refractivity contribution in [3.05, 3.63) is 18.0 Å². The number of hydrogen-bond donors (Lipinski definition) is 1. The minimum atomic E-state index is 0.139. The van der Waals surface area contributed by atoms with Crippen LogP contribution < -0.4 is 15.5 Å². The molecule has 0 saturated carbocycles. The van der Waals surface area contributed by atoms with Gasteiger partial charge in [0.1, 0.15) is 5.82 Å². The zero-order chi connectivity index (χ0) is 21.4. The molecule has 164 valence electrons. The molecule has 2 N–H and O–H groups in total. The van der Waals surface area contributed by atoms with Gasteiger partial charge in [-0.1, -0.05) is 0 Å². The second-order valence-electron chi connectivity index (χ2n) is 8.31. The molecule has 10 heteroatoms. The zero-order valence-electron chi connectivity index (χ0n) is 17.8. The van der Waals surface area contributed by atoms with Crippen molar-refractivity contribution in [1.29, 1.82) is 0 Å². The largest absolute Gasteiger partial charge is 0.378 e. The van der Waals surface area contributed by atoms with Gasteiger partial charge in [-0.3, -0.25) is 4.79 Å². The topological polar surface area (TPSA) is 114 Å². The molecule has 10 nitrogen and oxygen atoms in total. The fraction of sp³-hybridized carbons (Fsp3) is 0.571. The molecule has 2 aromatic rings. The number of nitrogens with two attached hydrogens (primary N) is 1. The Hall–Kier alpha value is -3.01. The van der Waals surface area contributed by atoms with Crippen LogP contribution in [0.2, 0.25) is 0 Å². The van der Waals surface area contributed by atoms with Crippen LogP contribution in [-0.2, 0) is 16.0 Å². The maximum atomic E-state index is 12.0. The number of hydrogen-bond acceptors (Lipinski definition) is 9. The smallest absolute Gasteiger partial charge is 0.228 e. The Morgan fingerprint density at radius 1 is 1.13 bits per heavy atom. The summed E-state index contributed by atoms with van der Waals surface area (Å²) < 4.78 is 5.51. The Bertz CT molecular complexity index is 961. The lowest BCUT2D eigenvalue weighted by Gasteiger charge is -2.38. The molecule has 3 aliphatic rings. The van der Waals surface area contributed by atoms with Crippen molar-refractivity contribution in [1.82, 2.24) is 24.8 Å². The van der Waals surface area contributed by atoms with Gasteiger partial charge < -0.3 is 25.2 Å². The van der Waals surface area contributed by atoms with E-state index in [1.54, 1.807) is 19.3 Å². The van der Waals surface area contributed by atoms with Gasteiger partial charge in [0, 0.05) is 69.2 Å². The van der Waals surface area contributed by atoms with Gasteiger partial charge in [-0.15, -0.1) is 0 Å². The van der Waals surface area contributed by atoms with Gasteiger partial charge in [0.05, 0.1) is 18.9 Å². The summed E-state index contributed by atoms with van der Waals surface area (Å²) in [6.07, 6.45) is 6.38. The second kappa shape index (κ2) is 8.26. The number of morpholine rings is 1. The van der Waals surface area contributed by atoms with Crippen LogP contribution in [0.3, 0.4) is 0 Å². The van der Waals surface area contributed by atoms with Crippen LogP contribution in [0.1, 0.15) is 25.3 Å². The van der Waals surface area contributed by atoms with E-state index in [1.807, 2.05) is 4.90 Å². The molecule has 0 aromatic carbocycles. The molecule has 2 aromatic heterocycles. The summed E-state index contributed by atoms with van der Waals surface area (Å²) in [5.74, 6) is 2.07. The Kier molecular flexibility index (Phi) is 5.31. The first-order valence-corrected chi connectivity index (χ1v) is 10.9. The van der Waals surface area contributed by atoms with E-state index >= 15 is 0 Å². The number of nitrogen functional groups attached to an aromatic ring is 1. The lowest BCUT2D eigenvalue weighted by atomic mass is 10.0. The number of fused-ring (bicyclic) bond motifs is 1. The second-order valence-corrected chi connectivity index (χ2v) is 8.31. The number of nitrogens with zero attached hydrogens (tertiary/aromatic N) is 7. The molecule has 0 radical (unpaired) electrons. The standard InChI is InChI=1S/C21H28N8O2/c1-14(30)28-5-2-3-16(13-28)29-6-4-17-18(15-11-23-20(22)24-12-15)25-21(26-19(17)29)27-7-9-31-10-8-27/h11-12,16H,2-10,13H2,1H3,(H2,22,23,24)/t16-/m0/s1. The van der Waals surface area contributed by atoms with E-state index in [4.69, 9.17) is 20.4 Å². The third-order valence-corrected chi connectivity index (χ3v) is 6.37. The molecule has 2 saturated heterocycles. The molecule has 0 aliphatic carbocycles. The summed E-state index contributed by atoms with van der Waals surface area (Å²) in [7, 11) is 0. The first-order chi connectivity index (χ1) is 15.1. The van der Waals surface area contributed by atoms with Gasteiger partial charge in [0.15, 0.2) is 0 Å². The first kappa shape index (κ1) is 19.9. The normalized spacial score (nSPS) is 21.3. The number of ether oxygens (including phenoxy) is 1. The quantitative estimate of drug-likeness (QED) is 0.761. The Morgan fingerprint density at radius 2 is 1.90 bits per heavy atom. The molecule has 0 spiro atoms. The average Bonchev–Trinajstić information content (AvgIpc) is 3.24. The van der Waals surface area contributed by atoms with Crippen molar-refractivity contribution in [2.45, 2.75) is 32.2 Å². The number of anilines is 3. The van der Waals surface area contributed by atoms with E-state index < -0.39 is 0 Å². The highest BCUT2D eigenvalue weighted by Gasteiger charge is 2.34. The first-order valence-electron chi connectivity index (χ1n) is 10.9. The van der Waals surface area contributed by atoms with E-state index in [-0.39, 0.29) is 17.9 Å². The van der Waals surface area contributed by atoms with Gasteiger partial charge in [-0.2, -0.15) is 4.98 Å². The maximum Gasteiger partial charge on any atom is 0.228 e. The summed E-state index contributed by atoms with van der Waals surface area (Å²) >= 11 is 0. The van der Waals surface area contributed by atoms with E-state index in [0.29, 0.717) is 19.2 Å². The minimum absolute atomic E-state index is 0.139. The maximum absolute atomic E-state index is 12.0. The van der Waals surface area contributed by atoms with Crippen LogP contribution in [-0.4, -0.2) is 82.7 Å². The summed E-state index contributed by atoms with van der Waals surface area (Å²) in [4.78, 5) is 36.8. The van der Waals surface area contributed by atoms with Gasteiger partial charge >= 0.3 is 0 Å². The number of likely N-dealkylation sites (tertiary alicyclic amines) is 1. The van der Waals surface area contributed by atoms with E-state index in [2.05, 4.69) is 19.8 Å². The minimum Gasteiger partial charge on any atom is -0.378 e. The Balaban J connectivity index is 1.54. The number of carbonyl (C=O) groups excluding carboxylic acids is 1. The van der Waals surface area contributed by atoms with Gasteiger partial charge in [-0.25, -0.2) is 15.0 Å². The van der Waals surface area contributed by atoms with Crippen molar-refractivity contribution < 1.29 is 9.53 Å². The van der Waals surface area contributed by atoms with Gasteiger partial charge in [0.25, 0.3) is 0 Å². The summed E-state index contributed by atoms with van der Waals surface area (Å²) in [5, 5.41) is 0. The SMILES string of the molecule is CC(=O)N1CCC[C@H](N2CCc3c(-c4cnc(N)nc4)nc(N4CCOCC4)nc32)C1. The van der Waals surface area contributed by atoms with Crippen LogP contribution in [0, 0.1) is 0 Å². The van der Waals surface area contributed by atoms with Crippen LogP contribution in [0.4, 0.5) is 17.7 Å². The molecule has 31 heavy (non-hydrogen) atoms. The average molecular weight is 425 g/mol. The molecule has 5 heterocycles. The Labute approximate surface area is 181 Å². The van der Waals surface area contributed by atoms with Crippen LogP contribution in [0.5, 0.6) is 0 Å². The lowest BCUT2D eigenvalue weighted by Crippen LogP contribution is -2.49. The Morgan fingerprint density at radius 3 is 2.65 bits per heavy atom. The van der Waals surface area contributed by atoms with E-state index in [1.165, 1.54) is 0 Å². The number of rotatable bonds is 3. The molecule has 0 unspecified atom stereocenters. The lowest BCUT2D eigenvalue weighted by molar-refractivity contribution is -0.129. The fourth-order valence-corrected chi connectivity index (χ4v) is 4.72. The highest BCUT2D eigenvalue weighted by atomic mass is 16.5. The third-order valence-electron chi connectivity index (χ3n) is 6.37. The molecule has 1 atom stereocenters. The number of carbonyl (C=O) groups is 1. The number of piperidine rings is 1. The third kappa shape index (κ3) is 3.87. The molecule has 2 fully saturated rings. The monoisotopic (exact) mass is 424 g/mol. The molecule has 3 aliphatic heterocycles. The molecule has 0 bridgehead atoms. The summed E-state index contributed by atoms with van der Waals surface area (Å²) in [6.45, 7) is 6.96. The van der Waals surface area contributed by atoms with E-state index in [0.717, 1.165) is 74.6 Å². The van der Waals surface area contributed by atoms with Crippen molar-refractivity contribution >= 4 is 23.6 Å². The fourth-order valence-electron chi connectivity index (χ4n) is 4.72. The highest BCUT2D eigenvalue weighted by Crippen LogP contribution is 2.37.